The average molecular weight is 248 g/mol. The Labute approximate surface area is 105 Å². The van der Waals surface area contributed by atoms with E-state index in [1.165, 1.54) is 0 Å². The number of nitrogens with zero attached hydrogens (tertiary/aromatic N) is 1. The predicted molar refractivity (Wildman–Crippen MR) is 67.2 cm³/mol. The molecule has 1 aliphatic carbocycles. The van der Waals surface area contributed by atoms with Gasteiger partial charge in [0.1, 0.15) is 5.82 Å². The van der Waals surface area contributed by atoms with Crippen LogP contribution in [-0.2, 0) is 0 Å². The van der Waals surface area contributed by atoms with Crippen molar-refractivity contribution in [3.05, 3.63) is 18.0 Å². The maximum absolute atomic E-state index is 9.34. The quantitative estimate of drug-likeness (QED) is 0.869. The average Bonchev–Trinajstić information content (AvgIpc) is 2.75. The van der Waals surface area contributed by atoms with E-state index in [0.717, 1.165) is 29.7 Å². The van der Waals surface area contributed by atoms with Crippen LogP contribution in [0.15, 0.2) is 12.1 Å². The molecule has 0 bridgehead atoms. The number of hydrogen-bond donors (Lipinski definition) is 2. The molecule has 5 nitrogen and oxygen atoms in total. The SMILES string of the molecule is COc1cc2nc(C3CC(O)C3)[nH]c2cc1OC. The van der Waals surface area contributed by atoms with Crippen molar-refractivity contribution in [3.8, 4) is 11.5 Å². The van der Waals surface area contributed by atoms with Crippen molar-refractivity contribution in [2.45, 2.75) is 24.9 Å². The maximum atomic E-state index is 9.34. The lowest BCUT2D eigenvalue weighted by molar-refractivity contribution is 0.0720. The summed E-state index contributed by atoms with van der Waals surface area (Å²) in [5.41, 5.74) is 1.80. The van der Waals surface area contributed by atoms with Gasteiger partial charge in [0.05, 0.1) is 31.4 Å². The number of ether oxygens (including phenoxy) is 2. The number of aliphatic hydroxyl groups is 1. The summed E-state index contributed by atoms with van der Waals surface area (Å²) in [4.78, 5) is 7.84. The van der Waals surface area contributed by atoms with Gasteiger partial charge in [0.2, 0.25) is 0 Å². The first-order valence-corrected chi connectivity index (χ1v) is 6.01. The third-order valence-corrected chi connectivity index (χ3v) is 3.51. The van der Waals surface area contributed by atoms with Crippen molar-refractivity contribution < 1.29 is 14.6 Å². The Morgan fingerprint density at radius 3 is 2.50 bits per heavy atom. The van der Waals surface area contributed by atoms with E-state index in [0.29, 0.717) is 17.4 Å². The molecule has 1 heterocycles. The monoisotopic (exact) mass is 248 g/mol. The van der Waals surface area contributed by atoms with E-state index in [1.807, 2.05) is 12.1 Å². The summed E-state index contributed by atoms with van der Waals surface area (Å²) in [7, 11) is 3.22. The van der Waals surface area contributed by atoms with Crippen LogP contribution in [0.5, 0.6) is 11.5 Å². The normalized spacial score (nSPS) is 22.8. The molecule has 0 unspecified atom stereocenters. The number of rotatable bonds is 3. The minimum Gasteiger partial charge on any atom is -0.493 e. The minimum absolute atomic E-state index is 0.174. The first-order chi connectivity index (χ1) is 8.71. The second-order valence-corrected chi connectivity index (χ2v) is 4.67. The van der Waals surface area contributed by atoms with Crippen molar-refractivity contribution in [1.29, 1.82) is 0 Å². The molecule has 0 amide bonds. The molecule has 1 aliphatic rings. The molecule has 2 N–H and O–H groups in total. The molecular weight excluding hydrogens is 232 g/mol. The fourth-order valence-electron chi connectivity index (χ4n) is 2.36. The molecule has 1 aromatic heterocycles. The Hall–Kier alpha value is -1.75. The summed E-state index contributed by atoms with van der Waals surface area (Å²) < 4.78 is 10.5. The van der Waals surface area contributed by atoms with Gasteiger partial charge >= 0.3 is 0 Å². The van der Waals surface area contributed by atoms with Gasteiger partial charge in [-0.1, -0.05) is 0 Å². The highest BCUT2D eigenvalue weighted by molar-refractivity contribution is 5.79. The molecule has 0 radical (unpaired) electrons. The molecule has 0 spiro atoms. The highest BCUT2D eigenvalue weighted by atomic mass is 16.5. The van der Waals surface area contributed by atoms with Crippen molar-refractivity contribution >= 4 is 11.0 Å². The Bertz CT molecular complexity index is 532. The second-order valence-electron chi connectivity index (χ2n) is 4.67. The molecule has 1 saturated carbocycles. The topological polar surface area (TPSA) is 67.4 Å². The molecule has 18 heavy (non-hydrogen) atoms. The van der Waals surface area contributed by atoms with Crippen molar-refractivity contribution in [1.82, 2.24) is 9.97 Å². The largest absolute Gasteiger partial charge is 0.493 e. The van der Waals surface area contributed by atoms with E-state index in [2.05, 4.69) is 9.97 Å². The van der Waals surface area contributed by atoms with E-state index in [4.69, 9.17) is 9.47 Å². The fraction of sp³-hybridized carbons (Fsp3) is 0.462. The summed E-state index contributed by atoms with van der Waals surface area (Å²) in [6, 6.07) is 3.75. The molecule has 2 aromatic rings. The van der Waals surface area contributed by atoms with Gasteiger partial charge in [0.15, 0.2) is 11.5 Å². The van der Waals surface area contributed by atoms with E-state index in [1.54, 1.807) is 14.2 Å². The maximum Gasteiger partial charge on any atom is 0.163 e. The Kier molecular flexibility index (Phi) is 2.63. The zero-order valence-electron chi connectivity index (χ0n) is 10.4. The van der Waals surface area contributed by atoms with Gasteiger partial charge < -0.3 is 19.6 Å². The van der Waals surface area contributed by atoms with Crippen LogP contribution < -0.4 is 9.47 Å². The highest BCUT2D eigenvalue weighted by Crippen LogP contribution is 2.37. The Morgan fingerprint density at radius 2 is 1.89 bits per heavy atom. The Morgan fingerprint density at radius 1 is 1.22 bits per heavy atom. The summed E-state index contributed by atoms with van der Waals surface area (Å²) in [5.74, 6) is 2.64. The number of aromatic amines is 1. The molecule has 0 saturated heterocycles. The number of benzene rings is 1. The summed E-state index contributed by atoms with van der Waals surface area (Å²) >= 11 is 0. The fourth-order valence-corrected chi connectivity index (χ4v) is 2.36. The van der Waals surface area contributed by atoms with E-state index in [-0.39, 0.29) is 6.10 Å². The van der Waals surface area contributed by atoms with Crippen molar-refractivity contribution in [3.63, 3.8) is 0 Å². The van der Waals surface area contributed by atoms with Crippen molar-refractivity contribution in [2.75, 3.05) is 14.2 Å². The molecule has 1 fully saturated rings. The van der Waals surface area contributed by atoms with Crippen LogP contribution in [0.4, 0.5) is 0 Å². The summed E-state index contributed by atoms with van der Waals surface area (Å²) in [6.45, 7) is 0. The van der Waals surface area contributed by atoms with Crippen LogP contribution in [0, 0.1) is 0 Å². The molecule has 3 rings (SSSR count). The van der Waals surface area contributed by atoms with Crippen molar-refractivity contribution in [2.24, 2.45) is 0 Å². The van der Waals surface area contributed by atoms with Gasteiger partial charge in [-0.2, -0.15) is 0 Å². The summed E-state index contributed by atoms with van der Waals surface area (Å²) in [5, 5.41) is 9.34. The summed E-state index contributed by atoms with van der Waals surface area (Å²) in [6.07, 6.45) is 1.40. The number of aromatic nitrogens is 2. The second kappa shape index (κ2) is 4.17. The molecule has 5 heteroatoms. The standard InChI is InChI=1S/C13H16N2O3/c1-17-11-5-9-10(6-12(11)18-2)15-13(14-9)7-3-8(16)4-7/h5-8,16H,3-4H2,1-2H3,(H,14,15). The number of imidazole rings is 1. The lowest BCUT2D eigenvalue weighted by atomic mass is 9.82. The first-order valence-electron chi connectivity index (χ1n) is 6.01. The Balaban J connectivity index is 2.01. The lowest BCUT2D eigenvalue weighted by Crippen LogP contribution is -2.27. The third kappa shape index (κ3) is 1.71. The van der Waals surface area contributed by atoms with E-state index < -0.39 is 0 Å². The molecule has 0 atom stereocenters. The smallest absolute Gasteiger partial charge is 0.163 e. The highest BCUT2D eigenvalue weighted by Gasteiger charge is 2.31. The van der Waals surface area contributed by atoms with Gasteiger partial charge in [-0.05, 0) is 12.8 Å². The van der Waals surface area contributed by atoms with Gasteiger partial charge in [0, 0.05) is 18.1 Å². The van der Waals surface area contributed by atoms with Crippen LogP contribution in [0.2, 0.25) is 0 Å². The van der Waals surface area contributed by atoms with Gasteiger partial charge in [-0.25, -0.2) is 4.98 Å². The minimum atomic E-state index is -0.174. The predicted octanol–water partition coefficient (Wildman–Crippen LogP) is 1.82. The number of methoxy groups -OCH3 is 2. The van der Waals surface area contributed by atoms with Crippen LogP contribution >= 0.6 is 0 Å². The van der Waals surface area contributed by atoms with Gasteiger partial charge in [-0.3, -0.25) is 0 Å². The molecule has 1 aromatic carbocycles. The van der Waals surface area contributed by atoms with Crippen LogP contribution in [0.25, 0.3) is 11.0 Å². The molecule has 0 aliphatic heterocycles. The van der Waals surface area contributed by atoms with Gasteiger partial charge in [0.25, 0.3) is 0 Å². The number of H-pyrrole nitrogens is 1. The van der Waals surface area contributed by atoms with E-state index >= 15 is 0 Å². The van der Waals surface area contributed by atoms with E-state index in [9.17, 15) is 5.11 Å². The zero-order valence-corrected chi connectivity index (χ0v) is 10.4. The van der Waals surface area contributed by atoms with Crippen LogP contribution in [-0.4, -0.2) is 35.4 Å². The number of aliphatic hydroxyl groups excluding tert-OH is 1. The number of hydrogen-bond acceptors (Lipinski definition) is 4. The van der Waals surface area contributed by atoms with Crippen LogP contribution in [0.1, 0.15) is 24.6 Å². The molecular formula is C13H16N2O3. The number of fused-ring (bicyclic) bond motifs is 1. The number of nitrogens with one attached hydrogen (secondary N) is 1. The van der Waals surface area contributed by atoms with Crippen LogP contribution in [0.3, 0.4) is 0 Å². The lowest BCUT2D eigenvalue weighted by Gasteiger charge is -2.29. The first kappa shape index (κ1) is 11.3. The zero-order chi connectivity index (χ0) is 12.7. The third-order valence-electron chi connectivity index (χ3n) is 3.51. The van der Waals surface area contributed by atoms with Gasteiger partial charge in [-0.15, -0.1) is 0 Å². The molecule has 96 valence electrons.